The van der Waals surface area contributed by atoms with Crippen molar-refractivity contribution in [2.24, 2.45) is 0 Å². The van der Waals surface area contributed by atoms with Crippen molar-refractivity contribution >= 4 is 34.8 Å². The maximum absolute atomic E-state index is 12.8. The van der Waals surface area contributed by atoms with Crippen LogP contribution in [-0.2, 0) is 9.59 Å². The van der Waals surface area contributed by atoms with Gasteiger partial charge in [0.25, 0.3) is 17.5 Å². The number of rotatable bonds is 4. The second-order valence-corrected chi connectivity index (χ2v) is 6.18. The number of carbonyl (C=O) groups excluding carboxylic acids is 2. The highest BCUT2D eigenvalue weighted by Gasteiger charge is 2.42. The smallest absolute Gasteiger partial charge is 0.283 e. The van der Waals surface area contributed by atoms with E-state index in [1.807, 2.05) is 4.90 Å². The number of nitro benzene ring substituents is 1. The van der Waals surface area contributed by atoms with Gasteiger partial charge in [0.15, 0.2) is 0 Å². The average Bonchev–Trinajstić information content (AvgIpc) is 2.84. The van der Waals surface area contributed by atoms with Crippen molar-refractivity contribution in [1.82, 2.24) is 9.80 Å². The highest BCUT2D eigenvalue weighted by molar-refractivity contribution is 6.52. The summed E-state index contributed by atoms with van der Waals surface area (Å²) >= 11 is 6.15. The van der Waals surface area contributed by atoms with Crippen LogP contribution >= 0.6 is 11.6 Å². The summed E-state index contributed by atoms with van der Waals surface area (Å²) in [5.74, 6) is -1.19. The highest BCUT2D eigenvalue weighted by Crippen LogP contribution is 2.32. The van der Waals surface area contributed by atoms with Crippen LogP contribution in [0.5, 0.6) is 0 Å². The Hall–Kier alpha value is -2.45. The van der Waals surface area contributed by atoms with E-state index in [1.165, 1.54) is 24.3 Å². The van der Waals surface area contributed by atoms with E-state index in [4.69, 9.17) is 11.6 Å². The van der Waals surface area contributed by atoms with Gasteiger partial charge in [0.1, 0.15) is 10.7 Å². The van der Waals surface area contributed by atoms with Crippen LogP contribution in [0.4, 0.5) is 11.4 Å². The molecule has 0 bridgehead atoms. The first-order valence-corrected chi connectivity index (χ1v) is 8.32. The molecule has 2 aliphatic heterocycles. The second kappa shape index (κ2) is 6.81. The molecule has 2 aliphatic rings. The molecule has 2 heterocycles. The quantitative estimate of drug-likeness (QED) is 0.457. The van der Waals surface area contributed by atoms with Gasteiger partial charge in [-0.05, 0) is 12.6 Å². The van der Waals surface area contributed by atoms with Crippen LogP contribution in [0.2, 0.25) is 0 Å². The number of nitro groups is 1. The number of anilines is 1. The molecule has 0 saturated carbocycles. The number of imide groups is 1. The molecule has 0 spiro atoms. The molecule has 0 unspecified atom stereocenters. The first-order valence-electron chi connectivity index (χ1n) is 7.94. The molecule has 132 valence electrons. The summed E-state index contributed by atoms with van der Waals surface area (Å²) in [6.45, 7) is 5.75. The van der Waals surface area contributed by atoms with Gasteiger partial charge in [-0.3, -0.25) is 19.7 Å². The van der Waals surface area contributed by atoms with Crippen LogP contribution in [0.3, 0.4) is 0 Å². The summed E-state index contributed by atoms with van der Waals surface area (Å²) in [5, 5.41) is 10.8. The van der Waals surface area contributed by atoms with Gasteiger partial charge in [0.2, 0.25) is 0 Å². The first-order chi connectivity index (χ1) is 11.9. The first kappa shape index (κ1) is 17.4. The molecule has 1 saturated heterocycles. The van der Waals surface area contributed by atoms with Crippen LogP contribution in [0.1, 0.15) is 6.92 Å². The number of piperazine rings is 1. The van der Waals surface area contributed by atoms with Gasteiger partial charge in [-0.1, -0.05) is 24.6 Å². The van der Waals surface area contributed by atoms with E-state index in [2.05, 4.69) is 11.8 Å². The van der Waals surface area contributed by atoms with Crippen LogP contribution in [0.25, 0.3) is 0 Å². The van der Waals surface area contributed by atoms with E-state index in [0.717, 1.165) is 24.5 Å². The van der Waals surface area contributed by atoms with Crippen LogP contribution in [-0.4, -0.2) is 59.3 Å². The van der Waals surface area contributed by atoms with Crippen molar-refractivity contribution in [3.63, 3.8) is 0 Å². The lowest BCUT2D eigenvalue weighted by Crippen LogP contribution is -2.47. The number of likely N-dealkylation sites (N-methyl/N-ethyl adjacent to an activating group) is 1. The average molecular weight is 365 g/mol. The molecule has 8 nitrogen and oxygen atoms in total. The molecule has 1 aromatic rings. The van der Waals surface area contributed by atoms with Gasteiger partial charge in [-0.15, -0.1) is 0 Å². The number of halogens is 1. The third-order valence-corrected chi connectivity index (χ3v) is 4.78. The second-order valence-electron chi connectivity index (χ2n) is 5.81. The zero-order valence-electron chi connectivity index (χ0n) is 13.6. The topological polar surface area (TPSA) is 87.0 Å². The minimum Gasteiger partial charge on any atom is -0.363 e. The molecule has 0 aliphatic carbocycles. The fraction of sp³-hybridized carbons (Fsp3) is 0.375. The normalized spacial score (nSPS) is 19.1. The summed E-state index contributed by atoms with van der Waals surface area (Å²) in [5.41, 5.74) is 0.123. The van der Waals surface area contributed by atoms with Gasteiger partial charge in [-0.2, -0.15) is 0 Å². The van der Waals surface area contributed by atoms with E-state index in [0.29, 0.717) is 13.1 Å². The lowest BCUT2D eigenvalue weighted by atomic mass is 10.2. The highest BCUT2D eigenvalue weighted by atomic mass is 35.5. The molecular formula is C16H17ClN4O4. The predicted molar refractivity (Wildman–Crippen MR) is 92.2 cm³/mol. The Labute approximate surface area is 149 Å². The fourth-order valence-corrected chi connectivity index (χ4v) is 3.32. The van der Waals surface area contributed by atoms with Gasteiger partial charge in [0.05, 0.1) is 10.6 Å². The monoisotopic (exact) mass is 364 g/mol. The maximum Gasteiger partial charge on any atom is 0.283 e. The Kier molecular flexibility index (Phi) is 4.73. The summed E-state index contributed by atoms with van der Waals surface area (Å²) < 4.78 is 0. The molecule has 0 radical (unpaired) electrons. The Bertz CT molecular complexity index is 771. The van der Waals surface area contributed by atoms with E-state index in [1.54, 1.807) is 0 Å². The summed E-state index contributed by atoms with van der Waals surface area (Å²) in [4.78, 5) is 40.6. The van der Waals surface area contributed by atoms with Crippen molar-refractivity contribution in [2.45, 2.75) is 6.92 Å². The molecule has 1 fully saturated rings. The van der Waals surface area contributed by atoms with Crippen molar-refractivity contribution in [3.8, 4) is 0 Å². The summed E-state index contributed by atoms with van der Waals surface area (Å²) in [6, 6.07) is 5.40. The standard InChI is InChI=1S/C16H17ClN4O4/c1-2-18-6-8-19(9-7-18)14-13(17)15(22)20(16(14)23)11-4-3-5-12(10-11)21(24)25/h3-5,10H,2,6-9H2,1H3. The third-order valence-electron chi connectivity index (χ3n) is 4.44. The van der Waals surface area contributed by atoms with Crippen molar-refractivity contribution in [1.29, 1.82) is 0 Å². The minimum absolute atomic E-state index is 0.138. The molecule has 0 N–H and O–H groups in total. The van der Waals surface area contributed by atoms with Gasteiger partial charge in [0, 0.05) is 38.3 Å². The van der Waals surface area contributed by atoms with Crippen molar-refractivity contribution < 1.29 is 14.5 Å². The van der Waals surface area contributed by atoms with Gasteiger partial charge >= 0.3 is 0 Å². The Morgan fingerprint density at radius 2 is 1.84 bits per heavy atom. The van der Waals surface area contributed by atoms with E-state index in [-0.39, 0.29) is 22.1 Å². The van der Waals surface area contributed by atoms with Gasteiger partial charge < -0.3 is 9.80 Å². The molecule has 2 amide bonds. The van der Waals surface area contributed by atoms with Crippen LogP contribution in [0, 0.1) is 10.1 Å². The predicted octanol–water partition coefficient (Wildman–Crippen LogP) is 1.56. The van der Waals surface area contributed by atoms with E-state index in [9.17, 15) is 19.7 Å². The fourth-order valence-electron chi connectivity index (χ4n) is 3.03. The van der Waals surface area contributed by atoms with Gasteiger partial charge in [-0.25, -0.2) is 4.90 Å². The van der Waals surface area contributed by atoms with Crippen molar-refractivity contribution in [2.75, 3.05) is 37.6 Å². The Morgan fingerprint density at radius 3 is 2.44 bits per heavy atom. The zero-order chi connectivity index (χ0) is 18.1. The molecule has 25 heavy (non-hydrogen) atoms. The third kappa shape index (κ3) is 3.10. The molecule has 3 rings (SSSR count). The number of benzene rings is 1. The summed E-state index contributed by atoms with van der Waals surface area (Å²) in [7, 11) is 0. The molecule has 0 atom stereocenters. The lowest BCUT2D eigenvalue weighted by molar-refractivity contribution is -0.384. The zero-order valence-corrected chi connectivity index (χ0v) is 14.4. The van der Waals surface area contributed by atoms with Crippen molar-refractivity contribution in [3.05, 3.63) is 45.1 Å². The number of hydrogen-bond donors (Lipinski definition) is 0. The van der Waals surface area contributed by atoms with Crippen LogP contribution in [0.15, 0.2) is 35.0 Å². The molecular weight excluding hydrogens is 348 g/mol. The maximum atomic E-state index is 12.8. The minimum atomic E-state index is -0.653. The Balaban J connectivity index is 1.87. The lowest BCUT2D eigenvalue weighted by Gasteiger charge is -2.35. The number of hydrogen-bond acceptors (Lipinski definition) is 6. The van der Waals surface area contributed by atoms with E-state index < -0.39 is 16.7 Å². The number of nitrogens with zero attached hydrogens (tertiary/aromatic N) is 4. The Morgan fingerprint density at radius 1 is 1.16 bits per heavy atom. The summed E-state index contributed by atoms with van der Waals surface area (Å²) in [6.07, 6.45) is 0. The SMILES string of the molecule is CCN1CCN(C2=C(Cl)C(=O)N(c3cccc([N+](=O)[O-])c3)C2=O)CC1. The van der Waals surface area contributed by atoms with Crippen LogP contribution < -0.4 is 4.90 Å². The number of non-ortho nitro benzene ring substituents is 1. The molecule has 0 aromatic heterocycles. The van der Waals surface area contributed by atoms with E-state index >= 15 is 0 Å². The largest absolute Gasteiger partial charge is 0.363 e. The number of carbonyl (C=O) groups is 2. The molecule has 9 heteroatoms. The number of amides is 2. The molecule has 1 aromatic carbocycles.